The maximum absolute atomic E-state index is 12.1. The minimum Gasteiger partial charge on any atom is -0.480 e. The van der Waals surface area contributed by atoms with Gasteiger partial charge in [0.05, 0.1) is 0 Å². The highest BCUT2D eigenvalue weighted by molar-refractivity contribution is 5.83. The molecule has 1 atom stereocenters. The van der Waals surface area contributed by atoms with E-state index >= 15 is 0 Å². The van der Waals surface area contributed by atoms with E-state index in [0.717, 1.165) is 19.3 Å². The average molecular weight is 217 g/mol. The minimum atomic E-state index is -1.39. The van der Waals surface area contributed by atoms with Gasteiger partial charge in [-0.3, -0.25) is 4.79 Å². The highest BCUT2D eigenvalue weighted by Gasteiger charge is 2.22. The third kappa shape index (κ3) is 3.85. The van der Waals surface area contributed by atoms with Gasteiger partial charge in [-0.05, 0) is 12.3 Å². The molecule has 1 unspecified atom stereocenters. The fourth-order valence-electron chi connectivity index (χ4n) is 1.55. The number of hydrogen-bond donors (Lipinski definition) is 2. The molecule has 5 heteroatoms. The van der Waals surface area contributed by atoms with Crippen LogP contribution in [0.1, 0.15) is 32.1 Å². The van der Waals surface area contributed by atoms with Crippen molar-refractivity contribution >= 4 is 11.9 Å². The summed E-state index contributed by atoms with van der Waals surface area (Å²) in [7, 11) is 0. The van der Waals surface area contributed by atoms with E-state index in [1.165, 1.54) is 6.42 Å². The van der Waals surface area contributed by atoms with Gasteiger partial charge in [-0.1, -0.05) is 19.3 Å². The molecule has 0 aliphatic heterocycles. The molecule has 1 fully saturated rings. The molecule has 0 radical (unpaired) electrons. The fourth-order valence-corrected chi connectivity index (χ4v) is 1.55. The molecule has 0 heterocycles. The minimum absolute atomic E-state index is 0.300. The summed E-state index contributed by atoms with van der Waals surface area (Å²) >= 11 is 0. The monoisotopic (exact) mass is 217 g/mol. The average Bonchev–Trinajstić information content (AvgIpc) is 2.11. The van der Waals surface area contributed by atoms with Crippen molar-refractivity contribution in [3.05, 3.63) is 0 Å². The SMILES string of the molecule is O=C(CCC1CCC1)NC(CF)C(=O)O. The summed E-state index contributed by atoms with van der Waals surface area (Å²) in [5, 5.41) is 10.7. The Kier molecular flexibility index (Phi) is 4.52. The Morgan fingerprint density at radius 2 is 2.13 bits per heavy atom. The Balaban J connectivity index is 2.18. The van der Waals surface area contributed by atoms with Crippen LogP contribution in [0.5, 0.6) is 0 Å². The zero-order valence-corrected chi connectivity index (χ0v) is 8.54. The second kappa shape index (κ2) is 5.68. The van der Waals surface area contributed by atoms with Crippen LogP contribution in [0.4, 0.5) is 4.39 Å². The number of carboxylic acids is 1. The smallest absolute Gasteiger partial charge is 0.328 e. The molecular weight excluding hydrogens is 201 g/mol. The van der Waals surface area contributed by atoms with Crippen molar-refractivity contribution in [1.82, 2.24) is 5.32 Å². The highest BCUT2D eigenvalue weighted by Crippen LogP contribution is 2.30. The molecule has 86 valence electrons. The fraction of sp³-hybridized carbons (Fsp3) is 0.800. The summed E-state index contributed by atoms with van der Waals surface area (Å²) in [6, 6.07) is -1.39. The zero-order chi connectivity index (χ0) is 11.3. The maximum atomic E-state index is 12.1. The molecule has 1 saturated carbocycles. The lowest BCUT2D eigenvalue weighted by Crippen LogP contribution is -2.42. The van der Waals surface area contributed by atoms with Gasteiger partial charge in [0.25, 0.3) is 0 Å². The zero-order valence-electron chi connectivity index (χ0n) is 8.54. The van der Waals surface area contributed by atoms with E-state index in [0.29, 0.717) is 12.3 Å². The van der Waals surface area contributed by atoms with Crippen LogP contribution in [0, 0.1) is 5.92 Å². The lowest BCUT2D eigenvalue weighted by Gasteiger charge is -2.24. The molecule has 15 heavy (non-hydrogen) atoms. The molecule has 0 saturated heterocycles. The highest BCUT2D eigenvalue weighted by atomic mass is 19.1. The summed E-state index contributed by atoms with van der Waals surface area (Å²) in [5.41, 5.74) is 0. The number of carbonyl (C=O) groups excluding carboxylic acids is 1. The Morgan fingerprint density at radius 3 is 2.53 bits per heavy atom. The van der Waals surface area contributed by atoms with Crippen molar-refractivity contribution in [2.45, 2.75) is 38.1 Å². The van der Waals surface area contributed by atoms with Crippen LogP contribution < -0.4 is 5.32 Å². The van der Waals surface area contributed by atoms with E-state index in [-0.39, 0.29) is 5.91 Å². The van der Waals surface area contributed by atoms with Crippen molar-refractivity contribution < 1.29 is 19.1 Å². The predicted molar refractivity (Wildman–Crippen MR) is 52.1 cm³/mol. The third-order valence-corrected chi connectivity index (χ3v) is 2.79. The Morgan fingerprint density at radius 1 is 1.47 bits per heavy atom. The quantitative estimate of drug-likeness (QED) is 0.700. The summed E-state index contributed by atoms with van der Waals surface area (Å²) in [6.07, 6.45) is 4.60. The number of amides is 1. The summed E-state index contributed by atoms with van der Waals surface area (Å²) in [6.45, 7) is -1.06. The number of alkyl halides is 1. The number of rotatable bonds is 6. The van der Waals surface area contributed by atoms with Gasteiger partial charge in [-0.15, -0.1) is 0 Å². The Bertz CT molecular complexity index is 241. The number of halogens is 1. The molecule has 1 aliphatic rings. The second-order valence-electron chi connectivity index (χ2n) is 3.95. The molecule has 0 spiro atoms. The van der Waals surface area contributed by atoms with Gasteiger partial charge < -0.3 is 10.4 Å². The second-order valence-corrected chi connectivity index (χ2v) is 3.95. The molecule has 0 bridgehead atoms. The largest absolute Gasteiger partial charge is 0.480 e. The van der Waals surface area contributed by atoms with Gasteiger partial charge in [-0.25, -0.2) is 9.18 Å². The third-order valence-electron chi connectivity index (χ3n) is 2.79. The first-order chi connectivity index (χ1) is 7.13. The van der Waals surface area contributed by atoms with Crippen molar-refractivity contribution in [3.8, 4) is 0 Å². The molecule has 1 rings (SSSR count). The van der Waals surface area contributed by atoms with Crippen molar-refractivity contribution in [2.75, 3.05) is 6.67 Å². The number of nitrogens with one attached hydrogen (secondary N) is 1. The normalized spacial score (nSPS) is 17.9. The van der Waals surface area contributed by atoms with E-state index in [4.69, 9.17) is 5.11 Å². The van der Waals surface area contributed by atoms with Crippen LogP contribution in [0.15, 0.2) is 0 Å². The van der Waals surface area contributed by atoms with E-state index in [1.807, 2.05) is 0 Å². The van der Waals surface area contributed by atoms with Gasteiger partial charge in [0.2, 0.25) is 5.91 Å². The maximum Gasteiger partial charge on any atom is 0.328 e. The van der Waals surface area contributed by atoms with Gasteiger partial charge in [0, 0.05) is 6.42 Å². The van der Waals surface area contributed by atoms with Crippen LogP contribution in [0.2, 0.25) is 0 Å². The predicted octanol–water partition coefficient (Wildman–Crippen LogP) is 1.11. The van der Waals surface area contributed by atoms with Crippen LogP contribution in [0.3, 0.4) is 0 Å². The van der Waals surface area contributed by atoms with E-state index in [2.05, 4.69) is 5.32 Å². The first-order valence-corrected chi connectivity index (χ1v) is 5.21. The topological polar surface area (TPSA) is 66.4 Å². The van der Waals surface area contributed by atoms with Crippen LogP contribution >= 0.6 is 0 Å². The van der Waals surface area contributed by atoms with Crippen LogP contribution in [-0.2, 0) is 9.59 Å². The van der Waals surface area contributed by atoms with Gasteiger partial charge >= 0.3 is 5.97 Å². The molecular formula is C10H16FNO3. The van der Waals surface area contributed by atoms with Crippen molar-refractivity contribution in [3.63, 3.8) is 0 Å². The number of carbonyl (C=O) groups is 2. The Labute approximate surface area is 87.9 Å². The lowest BCUT2D eigenvalue weighted by molar-refractivity contribution is -0.142. The number of aliphatic carboxylic acids is 1. The number of hydrogen-bond acceptors (Lipinski definition) is 2. The van der Waals surface area contributed by atoms with Gasteiger partial charge in [-0.2, -0.15) is 0 Å². The Hall–Kier alpha value is -1.13. The summed E-state index contributed by atoms with van der Waals surface area (Å²) < 4.78 is 12.1. The molecule has 4 nitrogen and oxygen atoms in total. The molecule has 0 aromatic rings. The summed E-state index contributed by atoms with van der Waals surface area (Å²) in [5.74, 6) is -1.09. The van der Waals surface area contributed by atoms with E-state index in [9.17, 15) is 14.0 Å². The van der Waals surface area contributed by atoms with Gasteiger partial charge in [0.1, 0.15) is 6.67 Å². The van der Waals surface area contributed by atoms with Crippen LogP contribution in [-0.4, -0.2) is 29.7 Å². The number of carboxylic acid groups (broad SMARTS) is 1. The summed E-state index contributed by atoms with van der Waals surface area (Å²) in [4.78, 5) is 21.6. The van der Waals surface area contributed by atoms with Crippen molar-refractivity contribution in [1.29, 1.82) is 0 Å². The first-order valence-electron chi connectivity index (χ1n) is 5.21. The van der Waals surface area contributed by atoms with E-state index in [1.54, 1.807) is 0 Å². The lowest BCUT2D eigenvalue weighted by atomic mass is 9.82. The molecule has 0 aromatic heterocycles. The molecule has 2 N–H and O–H groups in total. The molecule has 1 aliphatic carbocycles. The van der Waals surface area contributed by atoms with Gasteiger partial charge in [0.15, 0.2) is 6.04 Å². The van der Waals surface area contributed by atoms with Crippen LogP contribution in [0.25, 0.3) is 0 Å². The molecule has 1 amide bonds. The van der Waals surface area contributed by atoms with E-state index < -0.39 is 18.7 Å². The molecule has 0 aromatic carbocycles. The van der Waals surface area contributed by atoms with Crippen molar-refractivity contribution in [2.24, 2.45) is 5.92 Å². The first kappa shape index (κ1) is 11.9. The standard InChI is InChI=1S/C10H16FNO3/c11-6-8(10(14)15)12-9(13)5-4-7-2-1-3-7/h7-8H,1-6H2,(H,12,13)(H,14,15).